The molecule has 3 aromatic heterocycles. The molecule has 0 atom stereocenters. The lowest BCUT2D eigenvalue weighted by atomic mass is 9.92. The van der Waals surface area contributed by atoms with Gasteiger partial charge in [0.15, 0.2) is 17.5 Å². The normalized spacial score (nSPS) is 11.4. The van der Waals surface area contributed by atoms with Gasteiger partial charge in [-0.3, -0.25) is 8.97 Å². The van der Waals surface area contributed by atoms with Gasteiger partial charge in [-0.15, -0.1) is 0 Å². The standard InChI is InChI=1S/C58H38N6/c1-7-19-39(20-8-1)45-31-33-50-52(37-45)63-53-38-46(40-21-9-2-10-22-40)32-34-51(53)64(58(63)59-50)54-48(41-23-11-3-12-24-41)35-47(36-49(54)42-25-13-4-14-26-42)57-61-55(43-27-15-5-16-28-43)60-56(62-57)44-29-17-6-18-30-44/h1-38H. The maximum atomic E-state index is 5.50. The molecule has 0 radical (unpaired) electrons. The van der Waals surface area contributed by atoms with Crippen LogP contribution in [0.4, 0.5) is 0 Å². The highest BCUT2D eigenvalue weighted by atomic mass is 15.2. The first-order valence-electron chi connectivity index (χ1n) is 21.5. The summed E-state index contributed by atoms with van der Waals surface area (Å²) in [6, 6.07) is 80.5. The van der Waals surface area contributed by atoms with Gasteiger partial charge in [-0.1, -0.05) is 194 Å². The van der Waals surface area contributed by atoms with Gasteiger partial charge in [0.1, 0.15) is 0 Å². The molecule has 12 aromatic rings. The summed E-state index contributed by atoms with van der Waals surface area (Å²) in [5.41, 5.74) is 16.5. The van der Waals surface area contributed by atoms with Gasteiger partial charge in [-0.2, -0.15) is 0 Å². The van der Waals surface area contributed by atoms with Gasteiger partial charge in [0.25, 0.3) is 0 Å². The molecule has 0 saturated heterocycles. The Morgan fingerprint density at radius 3 is 1.12 bits per heavy atom. The second-order valence-corrected chi connectivity index (χ2v) is 15.9. The monoisotopic (exact) mass is 818 g/mol. The molecule has 3 heterocycles. The topological polar surface area (TPSA) is 60.9 Å². The van der Waals surface area contributed by atoms with Crippen molar-refractivity contribution in [2.75, 3.05) is 0 Å². The Bertz CT molecular complexity index is 3500. The van der Waals surface area contributed by atoms with E-state index in [2.05, 4.69) is 179 Å². The van der Waals surface area contributed by atoms with Crippen LogP contribution in [0.15, 0.2) is 231 Å². The summed E-state index contributed by atoms with van der Waals surface area (Å²) in [6.45, 7) is 0. The van der Waals surface area contributed by atoms with E-state index in [1.54, 1.807) is 0 Å². The quantitative estimate of drug-likeness (QED) is 0.153. The van der Waals surface area contributed by atoms with E-state index in [4.69, 9.17) is 19.9 Å². The second-order valence-electron chi connectivity index (χ2n) is 15.9. The number of imidazole rings is 2. The third-order valence-corrected chi connectivity index (χ3v) is 12.0. The van der Waals surface area contributed by atoms with E-state index in [0.29, 0.717) is 17.5 Å². The van der Waals surface area contributed by atoms with Crippen LogP contribution in [-0.4, -0.2) is 28.9 Å². The predicted molar refractivity (Wildman–Crippen MR) is 261 cm³/mol. The van der Waals surface area contributed by atoms with Crippen LogP contribution in [0.2, 0.25) is 0 Å². The van der Waals surface area contributed by atoms with E-state index in [0.717, 1.165) is 94.7 Å². The van der Waals surface area contributed by atoms with Crippen LogP contribution in [0.25, 0.3) is 112 Å². The van der Waals surface area contributed by atoms with Gasteiger partial charge >= 0.3 is 0 Å². The lowest BCUT2D eigenvalue weighted by Crippen LogP contribution is -2.04. The molecular formula is C58H38N6. The number of nitrogens with zero attached hydrogens (tertiary/aromatic N) is 6. The Morgan fingerprint density at radius 2 is 0.656 bits per heavy atom. The second kappa shape index (κ2) is 15.6. The first kappa shape index (κ1) is 37.1. The van der Waals surface area contributed by atoms with E-state index in [1.807, 2.05) is 60.7 Å². The van der Waals surface area contributed by atoms with E-state index < -0.39 is 0 Å². The van der Waals surface area contributed by atoms with Crippen molar-refractivity contribution in [3.8, 4) is 84.4 Å². The molecule has 64 heavy (non-hydrogen) atoms. The number of fused-ring (bicyclic) bond motifs is 5. The SMILES string of the molecule is c1ccc(-c2ccc3nc4n(-c5c(-c6ccccc6)cc(-c6nc(-c7ccccc7)nc(-c7ccccc7)n6)cc5-c5ccccc5)c5ccc(-c6ccccc6)cc5n4c3c2)cc1. The van der Waals surface area contributed by atoms with Crippen LogP contribution in [-0.2, 0) is 0 Å². The van der Waals surface area contributed by atoms with Crippen molar-refractivity contribution in [2.45, 2.75) is 0 Å². The van der Waals surface area contributed by atoms with Crippen LogP contribution in [0.5, 0.6) is 0 Å². The average molecular weight is 819 g/mol. The molecule has 0 amide bonds. The highest BCUT2D eigenvalue weighted by Gasteiger charge is 2.25. The highest BCUT2D eigenvalue weighted by Crippen LogP contribution is 2.43. The third-order valence-electron chi connectivity index (χ3n) is 12.0. The Hall–Kier alpha value is -8.74. The number of hydrogen-bond donors (Lipinski definition) is 0. The zero-order valence-corrected chi connectivity index (χ0v) is 34.6. The zero-order valence-electron chi connectivity index (χ0n) is 34.6. The molecule has 6 heteroatoms. The highest BCUT2D eigenvalue weighted by molar-refractivity contribution is 5.99. The van der Waals surface area contributed by atoms with E-state index in [9.17, 15) is 0 Å². The van der Waals surface area contributed by atoms with E-state index >= 15 is 0 Å². The van der Waals surface area contributed by atoms with Crippen molar-refractivity contribution >= 4 is 27.8 Å². The number of hydrogen-bond acceptors (Lipinski definition) is 4. The van der Waals surface area contributed by atoms with Gasteiger partial charge in [0, 0.05) is 27.8 Å². The number of benzene rings is 9. The Morgan fingerprint density at radius 1 is 0.266 bits per heavy atom. The van der Waals surface area contributed by atoms with Crippen molar-refractivity contribution in [1.82, 2.24) is 28.9 Å². The minimum Gasteiger partial charge on any atom is -0.277 e. The largest absolute Gasteiger partial charge is 0.277 e. The van der Waals surface area contributed by atoms with Crippen LogP contribution in [0.1, 0.15) is 0 Å². The molecule has 0 spiro atoms. The summed E-state index contributed by atoms with van der Waals surface area (Å²) in [4.78, 5) is 21.0. The summed E-state index contributed by atoms with van der Waals surface area (Å²) in [6.07, 6.45) is 0. The first-order chi connectivity index (χ1) is 31.7. The van der Waals surface area contributed by atoms with Crippen molar-refractivity contribution in [2.24, 2.45) is 0 Å². The van der Waals surface area contributed by atoms with Crippen LogP contribution in [0, 0.1) is 0 Å². The molecular weight excluding hydrogens is 781 g/mol. The molecule has 300 valence electrons. The molecule has 0 aliphatic carbocycles. The molecule has 0 bridgehead atoms. The van der Waals surface area contributed by atoms with Gasteiger partial charge in [-0.25, -0.2) is 19.9 Å². The smallest absolute Gasteiger partial charge is 0.220 e. The van der Waals surface area contributed by atoms with Crippen molar-refractivity contribution in [3.63, 3.8) is 0 Å². The first-order valence-corrected chi connectivity index (χ1v) is 21.5. The van der Waals surface area contributed by atoms with Gasteiger partial charge < -0.3 is 0 Å². The lowest BCUT2D eigenvalue weighted by Gasteiger charge is -2.20. The summed E-state index contributed by atoms with van der Waals surface area (Å²) < 4.78 is 4.70. The molecule has 9 aromatic carbocycles. The Balaban J connectivity index is 1.19. The van der Waals surface area contributed by atoms with E-state index in [1.165, 1.54) is 0 Å². The molecule has 0 fully saturated rings. The Labute approximate surface area is 370 Å². The Kier molecular flexibility index (Phi) is 9.05. The fraction of sp³-hybridized carbons (Fsp3) is 0. The fourth-order valence-electron chi connectivity index (χ4n) is 8.91. The van der Waals surface area contributed by atoms with Crippen molar-refractivity contribution in [1.29, 1.82) is 0 Å². The number of rotatable bonds is 8. The summed E-state index contributed by atoms with van der Waals surface area (Å²) in [7, 11) is 0. The van der Waals surface area contributed by atoms with Crippen LogP contribution in [0.3, 0.4) is 0 Å². The van der Waals surface area contributed by atoms with Crippen molar-refractivity contribution in [3.05, 3.63) is 231 Å². The van der Waals surface area contributed by atoms with Gasteiger partial charge in [0.05, 0.1) is 27.8 Å². The molecule has 0 N–H and O–H groups in total. The fourth-order valence-corrected chi connectivity index (χ4v) is 8.91. The molecule has 6 nitrogen and oxygen atoms in total. The van der Waals surface area contributed by atoms with E-state index in [-0.39, 0.29) is 0 Å². The maximum absolute atomic E-state index is 5.50. The lowest BCUT2D eigenvalue weighted by molar-refractivity contribution is 1.07. The average Bonchev–Trinajstić information content (AvgIpc) is 3.91. The maximum Gasteiger partial charge on any atom is 0.220 e. The minimum atomic E-state index is 0.587. The predicted octanol–water partition coefficient (Wildman–Crippen LogP) is 14.3. The zero-order chi connectivity index (χ0) is 42.4. The van der Waals surface area contributed by atoms with Crippen molar-refractivity contribution < 1.29 is 0 Å². The molecule has 0 saturated carbocycles. The van der Waals surface area contributed by atoms with Crippen LogP contribution < -0.4 is 0 Å². The molecule has 0 aliphatic rings. The molecule has 0 unspecified atom stereocenters. The van der Waals surface area contributed by atoms with Crippen LogP contribution >= 0.6 is 0 Å². The summed E-state index contributed by atoms with van der Waals surface area (Å²) in [5, 5.41) is 0. The summed E-state index contributed by atoms with van der Waals surface area (Å²) in [5.74, 6) is 2.63. The number of aromatic nitrogens is 6. The summed E-state index contributed by atoms with van der Waals surface area (Å²) >= 11 is 0. The third kappa shape index (κ3) is 6.53. The molecule has 0 aliphatic heterocycles. The minimum absolute atomic E-state index is 0.587. The van der Waals surface area contributed by atoms with Gasteiger partial charge in [-0.05, 0) is 69.8 Å². The van der Waals surface area contributed by atoms with Gasteiger partial charge in [0.2, 0.25) is 5.78 Å². The molecule has 12 rings (SSSR count).